The minimum Gasteiger partial charge on any atom is -0.492 e. The molecule has 1 saturated heterocycles. The molecule has 3 N–H and O–H groups in total. The molecule has 2 aromatic carbocycles. The normalized spacial score (nSPS) is 14.4. The summed E-state index contributed by atoms with van der Waals surface area (Å²) in [5.41, 5.74) is 7.61. The zero-order valence-electron chi connectivity index (χ0n) is 19.4. The molecule has 1 aromatic heterocycles. The fourth-order valence-corrected chi connectivity index (χ4v) is 5.12. The van der Waals surface area contributed by atoms with Crippen molar-refractivity contribution in [1.29, 1.82) is 5.26 Å². The lowest BCUT2D eigenvalue weighted by molar-refractivity contribution is 0.328. The first-order valence-corrected chi connectivity index (χ1v) is 12.6. The summed E-state index contributed by atoms with van der Waals surface area (Å²) in [7, 11) is -3.62. The van der Waals surface area contributed by atoms with Gasteiger partial charge in [0.15, 0.2) is 0 Å². The third-order valence-electron chi connectivity index (χ3n) is 5.50. The predicted molar refractivity (Wildman–Crippen MR) is 133 cm³/mol. The van der Waals surface area contributed by atoms with E-state index in [1.807, 2.05) is 30.0 Å². The molecular weight excluding hydrogens is 466 g/mol. The summed E-state index contributed by atoms with van der Waals surface area (Å²) in [4.78, 5) is 11.4. The number of hydrogen-bond acceptors (Lipinski definition) is 9. The summed E-state index contributed by atoms with van der Waals surface area (Å²) >= 11 is 0. The minimum atomic E-state index is -3.62. The van der Waals surface area contributed by atoms with Crippen LogP contribution in [0.25, 0.3) is 0 Å². The second-order valence-corrected chi connectivity index (χ2v) is 9.95. The highest BCUT2D eigenvalue weighted by molar-refractivity contribution is 7.89. The fraction of sp³-hybridized carbons (Fsp3) is 0.292. The van der Waals surface area contributed by atoms with Crippen molar-refractivity contribution in [2.45, 2.75) is 11.8 Å². The van der Waals surface area contributed by atoms with Crippen molar-refractivity contribution in [3.63, 3.8) is 0 Å². The van der Waals surface area contributed by atoms with Crippen LogP contribution in [0.3, 0.4) is 0 Å². The molecule has 0 aliphatic carbocycles. The van der Waals surface area contributed by atoms with E-state index in [1.165, 1.54) is 4.31 Å². The van der Waals surface area contributed by atoms with Gasteiger partial charge in [-0.2, -0.15) is 14.6 Å². The Morgan fingerprint density at radius 1 is 1.06 bits per heavy atom. The van der Waals surface area contributed by atoms with Gasteiger partial charge in [-0.25, -0.2) is 13.4 Å². The third-order valence-corrected chi connectivity index (χ3v) is 7.41. The van der Waals surface area contributed by atoms with Crippen molar-refractivity contribution in [3.05, 3.63) is 65.9 Å². The molecule has 2 heterocycles. The molecule has 0 amide bonds. The molecule has 0 spiro atoms. The van der Waals surface area contributed by atoms with Crippen molar-refractivity contribution in [2.75, 3.05) is 49.5 Å². The zero-order valence-corrected chi connectivity index (χ0v) is 20.2. The summed E-state index contributed by atoms with van der Waals surface area (Å²) in [5, 5.41) is 12.2. The number of hydrogen-bond donors (Lipinski definition) is 2. The summed E-state index contributed by atoms with van der Waals surface area (Å²) in [6.07, 6.45) is 0. The topological polar surface area (TPSA) is 137 Å². The number of nitriles is 1. The highest BCUT2D eigenvalue weighted by Gasteiger charge is 2.29. The van der Waals surface area contributed by atoms with Gasteiger partial charge < -0.3 is 20.7 Å². The quantitative estimate of drug-likeness (QED) is 0.484. The van der Waals surface area contributed by atoms with Crippen LogP contribution in [0.5, 0.6) is 5.75 Å². The first-order chi connectivity index (χ1) is 16.9. The van der Waals surface area contributed by atoms with Crippen LogP contribution in [0.1, 0.15) is 11.3 Å². The molecule has 10 nitrogen and oxygen atoms in total. The van der Waals surface area contributed by atoms with Gasteiger partial charge in [0.25, 0.3) is 0 Å². The molecule has 182 valence electrons. The van der Waals surface area contributed by atoms with Crippen molar-refractivity contribution in [2.24, 2.45) is 5.73 Å². The molecule has 1 fully saturated rings. The van der Waals surface area contributed by atoms with Crippen LogP contribution in [-0.4, -0.2) is 62.0 Å². The van der Waals surface area contributed by atoms with Crippen molar-refractivity contribution >= 4 is 27.5 Å². The van der Waals surface area contributed by atoms with Gasteiger partial charge in [0.1, 0.15) is 18.2 Å². The van der Waals surface area contributed by atoms with Gasteiger partial charge in [-0.15, -0.1) is 0 Å². The monoisotopic (exact) mass is 493 g/mol. The Labute approximate surface area is 205 Å². The fourth-order valence-electron chi connectivity index (χ4n) is 3.70. The number of rotatable bonds is 8. The molecule has 3 aromatic rings. The molecule has 0 unspecified atom stereocenters. The van der Waals surface area contributed by atoms with Crippen molar-refractivity contribution in [1.82, 2.24) is 14.3 Å². The zero-order chi connectivity index (χ0) is 24.8. The van der Waals surface area contributed by atoms with Crippen molar-refractivity contribution < 1.29 is 13.2 Å². The van der Waals surface area contributed by atoms with Crippen LogP contribution >= 0.6 is 0 Å². The molecule has 1 aliphatic rings. The lowest BCUT2D eigenvalue weighted by Gasteiger charge is -2.34. The van der Waals surface area contributed by atoms with Crippen LogP contribution in [0.4, 0.5) is 17.5 Å². The molecule has 0 saturated carbocycles. The number of nitrogens with one attached hydrogen (secondary N) is 1. The number of nitrogens with zero attached hydrogens (tertiary/aromatic N) is 5. The lowest BCUT2D eigenvalue weighted by Crippen LogP contribution is -2.49. The summed E-state index contributed by atoms with van der Waals surface area (Å²) in [6.45, 7) is 4.23. The standard InChI is InChI=1S/C24H27N7O3S/c1-18-16-23(28-20-4-2-19(17-26)3-5-20)29-24(27-18)30-11-13-31(14-12-30)35(32,33)22-8-6-21(7-9-22)34-15-10-25/h2-9,16H,10-15,25H2,1H3,(H,27,28,29). The van der Waals surface area contributed by atoms with Crippen LogP contribution in [0.15, 0.2) is 59.5 Å². The van der Waals surface area contributed by atoms with E-state index in [9.17, 15) is 8.42 Å². The number of ether oxygens (including phenoxy) is 1. The van der Waals surface area contributed by atoms with Crippen LogP contribution in [0.2, 0.25) is 0 Å². The number of nitrogens with two attached hydrogens (primary N) is 1. The third kappa shape index (κ3) is 5.86. The molecule has 35 heavy (non-hydrogen) atoms. The number of aryl methyl sites for hydroxylation is 1. The van der Waals surface area contributed by atoms with E-state index < -0.39 is 10.0 Å². The van der Waals surface area contributed by atoms with E-state index in [0.717, 1.165) is 11.4 Å². The van der Waals surface area contributed by atoms with E-state index in [4.69, 9.17) is 15.7 Å². The van der Waals surface area contributed by atoms with Gasteiger partial charge >= 0.3 is 0 Å². The molecule has 11 heteroatoms. The number of anilines is 3. The number of benzene rings is 2. The van der Waals surface area contributed by atoms with E-state index in [-0.39, 0.29) is 4.90 Å². The second kappa shape index (κ2) is 10.7. The number of sulfonamides is 1. The molecule has 0 bridgehead atoms. The lowest BCUT2D eigenvalue weighted by atomic mass is 10.2. The molecule has 0 atom stereocenters. The van der Waals surface area contributed by atoms with E-state index in [1.54, 1.807) is 36.4 Å². The number of aromatic nitrogens is 2. The summed E-state index contributed by atoms with van der Waals surface area (Å²) in [5.74, 6) is 1.75. The Bertz CT molecular complexity index is 1300. The molecular formula is C24H27N7O3S. The Kier molecular flexibility index (Phi) is 7.45. The molecule has 4 rings (SSSR count). The van der Waals surface area contributed by atoms with E-state index >= 15 is 0 Å². The first-order valence-electron chi connectivity index (χ1n) is 11.2. The van der Waals surface area contributed by atoms with Gasteiger partial charge in [0.05, 0.1) is 16.5 Å². The summed E-state index contributed by atoms with van der Waals surface area (Å²) < 4.78 is 33.1. The largest absolute Gasteiger partial charge is 0.492 e. The Balaban J connectivity index is 1.42. The maximum absolute atomic E-state index is 13.1. The van der Waals surface area contributed by atoms with Gasteiger partial charge in [0.2, 0.25) is 16.0 Å². The Morgan fingerprint density at radius 2 is 1.74 bits per heavy atom. The van der Waals surface area contributed by atoms with Crippen LogP contribution in [0, 0.1) is 18.3 Å². The van der Waals surface area contributed by atoms with E-state index in [2.05, 4.69) is 21.4 Å². The SMILES string of the molecule is Cc1cc(Nc2ccc(C#N)cc2)nc(N2CCN(S(=O)(=O)c3ccc(OCCN)cc3)CC2)n1. The predicted octanol–water partition coefficient (Wildman–Crippen LogP) is 2.25. The molecule has 0 radical (unpaired) electrons. The van der Waals surface area contributed by atoms with Gasteiger partial charge in [-0.05, 0) is 55.5 Å². The highest BCUT2D eigenvalue weighted by atomic mass is 32.2. The first kappa shape index (κ1) is 24.4. The minimum absolute atomic E-state index is 0.228. The maximum atomic E-state index is 13.1. The second-order valence-electron chi connectivity index (χ2n) is 8.01. The number of piperazine rings is 1. The molecule has 1 aliphatic heterocycles. The van der Waals surface area contributed by atoms with E-state index in [0.29, 0.717) is 62.4 Å². The Hall–Kier alpha value is -3.72. The average molecular weight is 494 g/mol. The maximum Gasteiger partial charge on any atom is 0.243 e. The average Bonchev–Trinajstić information content (AvgIpc) is 2.88. The van der Waals surface area contributed by atoms with Gasteiger partial charge in [-0.3, -0.25) is 0 Å². The van der Waals surface area contributed by atoms with Gasteiger partial charge in [0, 0.05) is 50.2 Å². The smallest absolute Gasteiger partial charge is 0.243 e. The van der Waals surface area contributed by atoms with Crippen LogP contribution < -0.4 is 20.7 Å². The summed E-state index contributed by atoms with van der Waals surface area (Å²) in [6, 6.07) is 17.4. The van der Waals surface area contributed by atoms with Crippen LogP contribution in [-0.2, 0) is 10.0 Å². The highest BCUT2D eigenvalue weighted by Crippen LogP contribution is 2.23. The Morgan fingerprint density at radius 3 is 2.37 bits per heavy atom. The van der Waals surface area contributed by atoms with Crippen molar-refractivity contribution in [3.8, 4) is 11.8 Å². The van der Waals surface area contributed by atoms with Gasteiger partial charge in [-0.1, -0.05) is 0 Å².